The molecule has 0 radical (unpaired) electrons. The topological polar surface area (TPSA) is 119 Å². The molecule has 154 valence electrons. The molecule has 0 bridgehead atoms. The summed E-state index contributed by atoms with van der Waals surface area (Å²) in [6, 6.07) is 3.04. The van der Waals surface area contributed by atoms with Crippen LogP contribution in [-0.2, 0) is 33.9 Å². The first-order valence-corrected chi connectivity index (χ1v) is 9.88. The molecule has 1 aromatic rings. The normalized spacial score (nSPS) is 19.8. The Labute approximate surface area is 161 Å². The smallest absolute Gasteiger partial charge is 0.307 e. The van der Waals surface area contributed by atoms with Crippen LogP contribution in [0, 0.1) is 5.82 Å². The molecule has 9 nitrogen and oxygen atoms in total. The number of nitrogens with one attached hydrogen (secondary N) is 1. The van der Waals surface area contributed by atoms with E-state index < -0.39 is 45.8 Å². The Balaban J connectivity index is 2.21. The van der Waals surface area contributed by atoms with E-state index >= 15 is 0 Å². The molecule has 1 aromatic carbocycles. The molecule has 0 unspecified atom stereocenters. The highest BCUT2D eigenvalue weighted by Gasteiger charge is 2.45. The van der Waals surface area contributed by atoms with Gasteiger partial charge in [-0.25, -0.2) is 12.8 Å². The molecule has 2 atom stereocenters. The van der Waals surface area contributed by atoms with E-state index in [0.29, 0.717) is 0 Å². The SMILES string of the molecule is COC(=O)CCNC(=O)[C@H]1C[C@H](OC(C)=O)CN1S(=O)(=O)c1ccc(F)cc1. The van der Waals surface area contributed by atoms with Crippen molar-refractivity contribution in [2.45, 2.75) is 36.8 Å². The molecule has 11 heteroatoms. The number of sulfonamides is 1. The van der Waals surface area contributed by atoms with Crippen molar-refractivity contribution in [3.05, 3.63) is 30.1 Å². The Morgan fingerprint density at radius 2 is 1.89 bits per heavy atom. The van der Waals surface area contributed by atoms with Crippen molar-refractivity contribution in [2.24, 2.45) is 0 Å². The van der Waals surface area contributed by atoms with E-state index in [1.807, 2.05) is 0 Å². The van der Waals surface area contributed by atoms with E-state index in [1.54, 1.807) is 0 Å². The van der Waals surface area contributed by atoms with E-state index in [1.165, 1.54) is 14.0 Å². The van der Waals surface area contributed by atoms with Gasteiger partial charge in [0.05, 0.1) is 25.0 Å². The summed E-state index contributed by atoms with van der Waals surface area (Å²) in [4.78, 5) is 34.7. The Hall–Kier alpha value is -2.53. The lowest BCUT2D eigenvalue weighted by Crippen LogP contribution is -2.46. The molecule has 1 saturated heterocycles. The minimum atomic E-state index is -4.14. The van der Waals surface area contributed by atoms with E-state index in [4.69, 9.17) is 4.74 Å². The summed E-state index contributed by atoms with van der Waals surface area (Å²) < 4.78 is 49.5. The van der Waals surface area contributed by atoms with Crippen LogP contribution in [-0.4, -0.2) is 62.9 Å². The highest BCUT2D eigenvalue weighted by molar-refractivity contribution is 7.89. The predicted molar refractivity (Wildman–Crippen MR) is 93.9 cm³/mol. The minimum Gasteiger partial charge on any atom is -0.469 e. The monoisotopic (exact) mass is 416 g/mol. The number of amides is 1. The Bertz CT molecular complexity index is 842. The average molecular weight is 416 g/mol. The van der Waals surface area contributed by atoms with Gasteiger partial charge in [-0.3, -0.25) is 14.4 Å². The lowest BCUT2D eigenvalue weighted by atomic mass is 10.2. The number of rotatable bonds is 7. The maximum Gasteiger partial charge on any atom is 0.307 e. The van der Waals surface area contributed by atoms with Crippen LogP contribution in [0.25, 0.3) is 0 Å². The number of ether oxygens (including phenoxy) is 2. The van der Waals surface area contributed by atoms with Crippen LogP contribution in [0.15, 0.2) is 29.2 Å². The molecule has 0 spiro atoms. The van der Waals surface area contributed by atoms with Gasteiger partial charge in [-0.1, -0.05) is 0 Å². The van der Waals surface area contributed by atoms with Crippen LogP contribution in [0.3, 0.4) is 0 Å². The fourth-order valence-corrected chi connectivity index (χ4v) is 4.47. The molecular weight excluding hydrogens is 395 g/mol. The van der Waals surface area contributed by atoms with Gasteiger partial charge in [-0.15, -0.1) is 0 Å². The zero-order chi connectivity index (χ0) is 20.9. The van der Waals surface area contributed by atoms with Crippen molar-refractivity contribution < 1.29 is 36.7 Å². The van der Waals surface area contributed by atoms with Gasteiger partial charge in [0.15, 0.2) is 0 Å². The van der Waals surface area contributed by atoms with Crippen molar-refractivity contribution in [3.63, 3.8) is 0 Å². The third-order valence-corrected chi connectivity index (χ3v) is 6.02. The maximum atomic E-state index is 13.1. The van der Waals surface area contributed by atoms with Crippen LogP contribution in [0.4, 0.5) is 4.39 Å². The molecule has 0 aliphatic carbocycles. The fourth-order valence-electron chi connectivity index (χ4n) is 2.84. The molecule has 0 aromatic heterocycles. The number of carbonyl (C=O) groups is 3. The fraction of sp³-hybridized carbons (Fsp3) is 0.471. The molecule has 28 heavy (non-hydrogen) atoms. The largest absolute Gasteiger partial charge is 0.469 e. The molecule has 0 saturated carbocycles. The van der Waals surface area contributed by atoms with Gasteiger partial charge >= 0.3 is 11.9 Å². The highest BCUT2D eigenvalue weighted by Crippen LogP contribution is 2.28. The molecule has 1 aliphatic rings. The lowest BCUT2D eigenvalue weighted by molar-refractivity contribution is -0.146. The summed E-state index contributed by atoms with van der Waals surface area (Å²) in [7, 11) is -2.93. The van der Waals surface area contributed by atoms with Crippen molar-refractivity contribution in [1.82, 2.24) is 9.62 Å². The number of carbonyl (C=O) groups excluding carboxylic acids is 3. The summed E-state index contributed by atoms with van der Waals surface area (Å²) in [5.74, 6) is -2.37. The molecule has 1 heterocycles. The number of halogens is 1. The van der Waals surface area contributed by atoms with E-state index in [-0.39, 0.29) is 30.8 Å². The zero-order valence-electron chi connectivity index (χ0n) is 15.4. The predicted octanol–water partition coefficient (Wildman–Crippen LogP) is 0.200. The number of methoxy groups -OCH3 is 1. The second kappa shape index (κ2) is 9.11. The summed E-state index contributed by atoms with van der Waals surface area (Å²) in [6.07, 6.45) is -0.916. The standard InChI is InChI=1S/C17H21FN2O7S/c1-11(21)27-13-9-15(17(23)19-8-7-16(22)26-2)20(10-13)28(24,25)14-5-3-12(18)4-6-14/h3-6,13,15H,7-10H2,1-2H3,(H,19,23)/t13-,15+/m0/s1. The molecular formula is C17H21FN2O7S. The van der Waals surface area contributed by atoms with Crippen molar-refractivity contribution in [3.8, 4) is 0 Å². The molecule has 2 rings (SSSR count). The number of hydrogen-bond donors (Lipinski definition) is 1. The van der Waals surface area contributed by atoms with Gasteiger partial charge in [-0.2, -0.15) is 4.31 Å². The van der Waals surface area contributed by atoms with Crippen LogP contribution < -0.4 is 5.32 Å². The van der Waals surface area contributed by atoms with Crippen molar-refractivity contribution in [1.29, 1.82) is 0 Å². The van der Waals surface area contributed by atoms with Gasteiger partial charge < -0.3 is 14.8 Å². The second-order valence-electron chi connectivity index (χ2n) is 6.13. The Morgan fingerprint density at radius 1 is 1.25 bits per heavy atom. The summed E-state index contributed by atoms with van der Waals surface area (Å²) in [5, 5.41) is 2.48. The van der Waals surface area contributed by atoms with Crippen molar-refractivity contribution in [2.75, 3.05) is 20.2 Å². The third-order valence-electron chi connectivity index (χ3n) is 4.13. The number of nitrogens with zero attached hydrogens (tertiary/aromatic N) is 1. The van der Waals surface area contributed by atoms with Gasteiger partial charge in [0.2, 0.25) is 15.9 Å². The Kier molecular flexibility index (Phi) is 7.08. The molecule has 1 fully saturated rings. The van der Waals surface area contributed by atoms with Gasteiger partial charge in [0.1, 0.15) is 18.0 Å². The number of hydrogen-bond acceptors (Lipinski definition) is 7. The number of esters is 2. The summed E-state index contributed by atoms with van der Waals surface area (Å²) in [5.41, 5.74) is 0. The maximum absolute atomic E-state index is 13.1. The van der Waals surface area contributed by atoms with Crippen LogP contribution in [0.2, 0.25) is 0 Å². The van der Waals surface area contributed by atoms with E-state index in [9.17, 15) is 27.2 Å². The van der Waals surface area contributed by atoms with Crippen LogP contribution in [0.5, 0.6) is 0 Å². The summed E-state index contributed by atoms with van der Waals surface area (Å²) >= 11 is 0. The highest BCUT2D eigenvalue weighted by atomic mass is 32.2. The van der Waals surface area contributed by atoms with E-state index in [0.717, 1.165) is 28.6 Å². The van der Waals surface area contributed by atoms with Gasteiger partial charge in [0.25, 0.3) is 0 Å². The lowest BCUT2D eigenvalue weighted by Gasteiger charge is -2.23. The average Bonchev–Trinajstić information content (AvgIpc) is 3.05. The molecule has 1 N–H and O–H groups in total. The first kappa shape index (κ1) is 21.8. The summed E-state index contributed by atoms with van der Waals surface area (Å²) in [6.45, 7) is 0.932. The number of benzene rings is 1. The second-order valence-corrected chi connectivity index (χ2v) is 8.02. The van der Waals surface area contributed by atoms with Crippen LogP contribution in [0.1, 0.15) is 19.8 Å². The van der Waals surface area contributed by atoms with E-state index in [2.05, 4.69) is 10.1 Å². The minimum absolute atomic E-state index is 0.0370. The third kappa shape index (κ3) is 5.26. The molecule has 1 amide bonds. The van der Waals surface area contributed by atoms with Gasteiger partial charge in [-0.05, 0) is 24.3 Å². The quantitative estimate of drug-likeness (QED) is 0.631. The van der Waals surface area contributed by atoms with Crippen LogP contribution >= 0.6 is 0 Å². The molecule has 1 aliphatic heterocycles. The Morgan fingerprint density at radius 3 is 2.46 bits per heavy atom. The first-order valence-electron chi connectivity index (χ1n) is 8.44. The first-order chi connectivity index (χ1) is 13.1. The van der Waals surface area contributed by atoms with Gasteiger partial charge in [0, 0.05) is 19.9 Å². The zero-order valence-corrected chi connectivity index (χ0v) is 16.2. The van der Waals surface area contributed by atoms with Crippen molar-refractivity contribution >= 4 is 27.9 Å².